The number of benzene rings is 1. The summed E-state index contributed by atoms with van der Waals surface area (Å²) in [5, 5.41) is 7.64. The van der Waals surface area contributed by atoms with Crippen LogP contribution in [0.1, 0.15) is 50.4 Å². The van der Waals surface area contributed by atoms with Gasteiger partial charge < -0.3 is 9.64 Å². The quantitative estimate of drug-likeness (QED) is 0.865. The molecule has 2 atom stereocenters. The number of carbonyl (C=O) groups excluding carboxylic acids is 2. The van der Waals surface area contributed by atoms with Crippen LogP contribution in [0.3, 0.4) is 0 Å². The number of likely N-dealkylation sites (tertiary alicyclic amines) is 1. The summed E-state index contributed by atoms with van der Waals surface area (Å²) >= 11 is 0. The van der Waals surface area contributed by atoms with Crippen molar-refractivity contribution in [3.63, 3.8) is 0 Å². The molecule has 1 amide bonds. The molecule has 6 heteroatoms. The number of H-pyrrole nitrogens is 1. The highest BCUT2D eigenvalue weighted by molar-refractivity contribution is 5.96. The van der Waals surface area contributed by atoms with Crippen LogP contribution in [0.15, 0.2) is 24.4 Å². The molecule has 1 aliphatic rings. The number of hydrogen-bond donors (Lipinski definition) is 1. The van der Waals surface area contributed by atoms with Crippen LogP contribution < -0.4 is 0 Å². The number of piperidine rings is 1. The van der Waals surface area contributed by atoms with Crippen molar-refractivity contribution in [1.82, 2.24) is 15.1 Å². The molecule has 1 aromatic carbocycles. The van der Waals surface area contributed by atoms with Gasteiger partial charge in [0.15, 0.2) is 6.10 Å². The normalized spacial score (nSPS) is 19.2. The standard InChI is InChI=1S/C19H25N3O3/c1-12(2)17(18(23)22-9-5-4-6-13(22)3)25-19(24)14-7-8-16-15(10-14)11-20-21-16/h7-8,10-13,17H,4-6,9H2,1-3H3,(H,20,21)/t13-,17+/m1/s1. The van der Waals surface area contributed by atoms with Gasteiger partial charge in [0.25, 0.3) is 5.91 Å². The van der Waals surface area contributed by atoms with Crippen molar-refractivity contribution in [1.29, 1.82) is 0 Å². The predicted octanol–water partition coefficient (Wildman–Crippen LogP) is 3.15. The number of nitrogens with zero attached hydrogens (tertiary/aromatic N) is 2. The molecule has 3 rings (SSSR count). The summed E-state index contributed by atoms with van der Waals surface area (Å²) in [5.74, 6) is -0.636. The lowest BCUT2D eigenvalue weighted by Gasteiger charge is -2.36. The zero-order chi connectivity index (χ0) is 18.0. The summed E-state index contributed by atoms with van der Waals surface area (Å²) in [6, 6.07) is 5.40. The molecule has 134 valence electrons. The minimum atomic E-state index is -0.756. The van der Waals surface area contributed by atoms with Crippen molar-refractivity contribution in [2.45, 2.75) is 52.2 Å². The molecule has 0 unspecified atom stereocenters. The first-order valence-electron chi connectivity index (χ1n) is 8.92. The van der Waals surface area contributed by atoms with E-state index in [4.69, 9.17) is 4.74 Å². The van der Waals surface area contributed by atoms with Gasteiger partial charge in [-0.2, -0.15) is 5.10 Å². The van der Waals surface area contributed by atoms with Gasteiger partial charge >= 0.3 is 5.97 Å². The average molecular weight is 343 g/mol. The Bertz CT molecular complexity index is 768. The maximum Gasteiger partial charge on any atom is 0.338 e. The summed E-state index contributed by atoms with van der Waals surface area (Å²) < 4.78 is 5.63. The maximum absolute atomic E-state index is 12.9. The van der Waals surface area contributed by atoms with Gasteiger partial charge in [-0.05, 0) is 50.3 Å². The van der Waals surface area contributed by atoms with Gasteiger partial charge in [0.05, 0.1) is 17.3 Å². The van der Waals surface area contributed by atoms with Gasteiger partial charge in [-0.15, -0.1) is 0 Å². The highest BCUT2D eigenvalue weighted by Crippen LogP contribution is 2.22. The molecule has 0 bridgehead atoms. The zero-order valence-corrected chi connectivity index (χ0v) is 15.0. The number of aromatic nitrogens is 2. The number of fused-ring (bicyclic) bond motifs is 1. The Balaban J connectivity index is 1.76. The summed E-state index contributed by atoms with van der Waals surface area (Å²) in [4.78, 5) is 27.4. The molecule has 0 saturated carbocycles. The third-order valence-corrected chi connectivity index (χ3v) is 4.84. The Hall–Kier alpha value is -2.37. The number of nitrogens with one attached hydrogen (secondary N) is 1. The number of ether oxygens (including phenoxy) is 1. The fourth-order valence-electron chi connectivity index (χ4n) is 3.31. The second kappa shape index (κ2) is 7.25. The second-order valence-corrected chi connectivity index (χ2v) is 7.12. The van der Waals surface area contributed by atoms with E-state index in [9.17, 15) is 9.59 Å². The Morgan fingerprint density at radius 3 is 2.84 bits per heavy atom. The van der Waals surface area contributed by atoms with E-state index < -0.39 is 12.1 Å². The third kappa shape index (κ3) is 3.67. The zero-order valence-electron chi connectivity index (χ0n) is 15.0. The molecule has 2 aromatic rings. The fourth-order valence-corrected chi connectivity index (χ4v) is 3.31. The SMILES string of the molecule is CC(C)[C@H](OC(=O)c1ccc2[nH]ncc2c1)C(=O)N1CCCC[C@H]1C. The fraction of sp³-hybridized carbons (Fsp3) is 0.526. The van der Waals surface area contributed by atoms with Crippen LogP contribution >= 0.6 is 0 Å². The van der Waals surface area contributed by atoms with Crippen LogP contribution in [0.4, 0.5) is 0 Å². The van der Waals surface area contributed by atoms with Crippen molar-refractivity contribution in [3.05, 3.63) is 30.0 Å². The highest BCUT2D eigenvalue weighted by Gasteiger charge is 2.34. The van der Waals surface area contributed by atoms with Crippen LogP contribution in [-0.2, 0) is 9.53 Å². The Labute approximate surface area is 147 Å². The minimum absolute atomic E-state index is 0.0803. The third-order valence-electron chi connectivity index (χ3n) is 4.84. The first kappa shape index (κ1) is 17.5. The number of hydrogen-bond acceptors (Lipinski definition) is 4. The molecule has 25 heavy (non-hydrogen) atoms. The van der Waals surface area contributed by atoms with E-state index >= 15 is 0 Å². The van der Waals surface area contributed by atoms with E-state index in [1.807, 2.05) is 18.7 Å². The molecule has 1 N–H and O–H groups in total. The molecule has 1 fully saturated rings. The van der Waals surface area contributed by atoms with Crippen LogP contribution in [0, 0.1) is 5.92 Å². The monoisotopic (exact) mass is 343 g/mol. The summed E-state index contributed by atoms with van der Waals surface area (Å²) in [6.07, 6.45) is 4.05. The molecule has 0 spiro atoms. The summed E-state index contributed by atoms with van der Waals surface area (Å²) in [6.45, 7) is 6.61. The molecule has 2 heterocycles. The first-order chi connectivity index (χ1) is 12.0. The van der Waals surface area contributed by atoms with Gasteiger partial charge in [0.1, 0.15) is 0 Å². The van der Waals surface area contributed by atoms with Gasteiger partial charge in [-0.1, -0.05) is 13.8 Å². The van der Waals surface area contributed by atoms with Crippen molar-refractivity contribution < 1.29 is 14.3 Å². The van der Waals surface area contributed by atoms with E-state index in [1.165, 1.54) is 0 Å². The first-order valence-corrected chi connectivity index (χ1v) is 8.92. The molecule has 0 aliphatic carbocycles. The Morgan fingerprint density at radius 2 is 2.12 bits per heavy atom. The average Bonchev–Trinajstić information content (AvgIpc) is 3.06. The second-order valence-electron chi connectivity index (χ2n) is 7.12. The molecular weight excluding hydrogens is 318 g/mol. The topological polar surface area (TPSA) is 75.3 Å². The van der Waals surface area contributed by atoms with Crippen LogP contribution in [0.25, 0.3) is 10.9 Å². The van der Waals surface area contributed by atoms with Crippen LogP contribution in [-0.4, -0.2) is 45.7 Å². The molecule has 0 radical (unpaired) electrons. The van der Waals surface area contributed by atoms with E-state index in [0.29, 0.717) is 5.56 Å². The smallest absolute Gasteiger partial charge is 0.338 e. The highest BCUT2D eigenvalue weighted by atomic mass is 16.5. The van der Waals surface area contributed by atoms with Gasteiger partial charge in [0.2, 0.25) is 0 Å². The van der Waals surface area contributed by atoms with Gasteiger partial charge in [-0.25, -0.2) is 4.79 Å². The molecule has 1 aromatic heterocycles. The molecule has 1 aliphatic heterocycles. The largest absolute Gasteiger partial charge is 0.448 e. The van der Waals surface area contributed by atoms with Crippen molar-refractivity contribution >= 4 is 22.8 Å². The number of esters is 1. The molecule has 1 saturated heterocycles. The Kier molecular flexibility index (Phi) is 5.06. The number of carbonyl (C=O) groups is 2. The molecular formula is C19H25N3O3. The van der Waals surface area contributed by atoms with Crippen LogP contribution in [0.5, 0.6) is 0 Å². The summed E-state index contributed by atoms with van der Waals surface area (Å²) in [5.41, 5.74) is 1.29. The lowest BCUT2D eigenvalue weighted by molar-refractivity contribution is -0.146. The number of aromatic amines is 1. The lowest BCUT2D eigenvalue weighted by atomic mass is 9.99. The van der Waals surface area contributed by atoms with Crippen molar-refractivity contribution in [2.75, 3.05) is 6.54 Å². The number of amides is 1. The van der Waals surface area contributed by atoms with Gasteiger partial charge in [0, 0.05) is 18.0 Å². The summed E-state index contributed by atoms with van der Waals surface area (Å²) in [7, 11) is 0. The molecule has 6 nitrogen and oxygen atoms in total. The van der Waals surface area contributed by atoms with Crippen molar-refractivity contribution in [2.24, 2.45) is 5.92 Å². The van der Waals surface area contributed by atoms with Crippen LogP contribution in [0.2, 0.25) is 0 Å². The maximum atomic E-state index is 12.9. The lowest BCUT2D eigenvalue weighted by Crippen LogP contribution is -2.49. The Morgan fingerprint density at radius 1 is 1.32 bits per heavy atom. The van der Waals surface area contributed by atoms with E-state index in [2.05, 4.69) is 17.1 Å². The van der Waals surface area contributed by atoms with Gasteiger partial charge in [-0.3, -0.25) is 9.89 Å². The minimum Gasteiger partial charge on any atom is -0.448 e. The van der Waals surface area contributed by atoms with Crippen molar-refractivity contribution in [3.8, 4) is 0 Å². The predicted molar refractivity (Wildman–Crippen MR) is 95.2 cm³/mol. The van der Waals surface area contributed by atoms with E-state index in [1.54, 1.807) is 24.4 Å². The van der Waals surface area contributed by atoms with E-state index in [0.717, 1.165) is 36.7 Å². The van der Waals surface area contributed by atoms with E-state index in [-0.39, 0.29) is 17.9 Å². The number of rotatable bonds is 4.